The number of hydrogen-bond acceptors (Lipinski definition) is 3. The van der Waals surface area contributed by atoms with Crippen molar-refractivity contribution in [1.82, 2.24) is 15.1 Å². The lowest BCUT2D eigenvalue weighted by molar-refractivity contribution is 0.390. The minimum absolute atomic E-state index is 0.586. The van der Waals surface area contributed by atoms with E-state index in [0.717, 1.165) is 26.2 Å². The van der Waals surface area contributed by atoms with Crippen molar-refractivity contribution in [1.29, 1.82) is 0 Å². The van der Waals surface area contributed by atoms with E-state index in [4.69, 9.17) is 0 Å². The average Bonchev–Trinajstić information content (AvgIpc) is 2.77. The van der Waals surface area contributed by atoms with Gasteiger partial charge in [0.2, 0.25) is 0 Å². The smallest absolute Gasteiger partial charge is 0.0755 e. The standard InChI is InChI=1S/C12H22N4/c1-4-15-9-11(7-14-15)16-6-5-13-8-12(16)10(2)3/h7,9-10,12-13H,4-6,8H2,1-3H3. The largest absolute Gasteiger partial charge is 0.363 e. The van der Waals surface area contributed by atoms with Crippen LogP contribution in [0.2, 0.25) is 0 Å². The van der Waals surface area contributed by atoms with E-state index in [-0.39, 0.29) is 0 Å². The van der Waals surface area contributed by atoms with E-state index in [1.807, 2.05) is 10.9 Å². The first-order valence-corrected chi connectivity index (χ1v) is 6.22. The van der Waals surface area contributed by atoms with Crippen LogP contribution in [0.15, 0.2) is 12.4 Å². The molecule has 4 heteroatoms. The highest BCUT2D eigenvalue weighted by Gasteiger charge is 2.25. The van der Waals surface area contributed by atoms with Crippen molar-refractivity contribution in [2.24, 2.45) is 5.92 Å². The molecule has 1 unspecified atom stereocenters. The van der Waals surface area contributed by atoms with Gasteiger partial charge in [0, 0.05) is 38.4 Å². The Bertz CT molecular complexity index is 332. The number of anilines is 1. The second-order valence-corrected chi connectivity index (χ2v) is 4.76. The fourth-order valence-corrected chi connectivity index (χ4v) is 2.32. The normalized spacial score (nSPS) is 21.8. The Morgan fingerprint density at radius 1 is 1.56 bits per heavy atom. The lowest BCUT2D eigenvalue weighted by Gasteiger charge is -2.39. The molecule has 0 radical (unpaired) electrons. The van der Waals surface area contributed by atoms with E-state index < -0.39 is 0 Å². The summed E-state index contributed by atoms with van der Waals surface area (Å²) in [5, 5.41) is 7.83. The maximum Gasteiger partial charge on any atom is 0.0755 e. The van der Waals surface area contributed by atoms with Crippen molar-refractivity contribution in [3.63, 3.8) is 0 Å². The molecule has 1 saturated heterocycles. The van der Waals surface area contributed by atoms with E-state index in [1.54, 1.807) is 0 Å². The average molecular weight is 222 g/mol. The third kappa shape index (κ3) is 2.21. The molecule has 1 aromatic heterocycles. The Morgan fingerprint density at radius 2 is 2.38 bits per heavy atom. The van der Waals surface area contributed by atoms with Gasteiger partial charge in [-0.25, -0.2) is 0 Å². The number of piperazine rings is 1. The fraction of sp³-hybridized carbons (Fsp3) is 0.750. The summed E-state index contributed by atoms with van der Waals surface area (Å²) < 4.78 is 1.99. The van der Waals surface area contributed by atoms with E-state index in [0.29, 0.717) is 12.0 Å². The van der Waals surface area contributed by atoms with Gasteiger partial charge < -0.3 is 10.2 Å². The molecule has 0 amide bonds. The predicted octanol–water partition coefficient (Wildman–Crippen LogP) is 1.34. The molecule has 0 bridgehead atoms. The van der Waals surface area contributed by atoms with Crippen LogP contribution in [0, 0.1) is 5.92 Å². The number of hydrogen-bond donors (Lipinski definition) is 1. The Kier molecular flexibility index (Phi) is 3.49. The highest BCUT2D eigenvalue weighted by Crippen LogP contribution is 2.21. The van der Waals surface area contributed by atoms with E-state index in [2.05, 4.69) is 42.3 Å². The number of nitrogens with zero attached hydrogens (tertiary/aromatic N) is 3. The molecule has 0 aliphatic carbocycles. The van der Waals surface area contributed by atoms with Crippen LogP contribution in [0.25, 0.3) is 0 Å². The lowest BCUT2D eigenvalue weighted by Crippen LogP contribution is -2.53. The molecule has 0 saturated carbocycles. The summed E-state index contributed by atoms with van der Waals surface area (Å²) in [6.45, 7) is 10.9. The van der Waals surface area contributed by atoms with Crippen LogP contribution < -0.4 is 10.2 Å². The van der Waals surface area contributed by atoms with Crippen LogP contribution in [0.4, 0.5) is 5.69 Å². The van der Waals surface area contributed by atoms with E-state index in [9.17, 15) is 0 Å². The van der Waals surface area contributed by atoms with Gasteiger partial charge in [-0.1, -0.05) is 13.8 Å². The molecule has 90 valence electrons. The molecular weight excluding hydrogens is 200 g/mol. The van der Waals surface area contributed by atoms with Crippen molar-refractivity contribution in [2.75, 3.05) is 24.5 Å². The monoisotopic (exact) mass is 222 g/mol. The highest BCUT2D eigenvalue weighted by atomic mass is 15.3. The summed E-state index contributed by atoms with van der Waals surface area (Å²) in [5.41, 5.74) is 1.27. The van der Waals surface area contributed by atoms with Crippen LogP contribution >= 0.6 is 0 Å². The summed E-state index contributed by atoms with van der Waals surface area (Å²) in [6, 6.07) is 0.586. The third-order valence-corrected chi connectivity index (χ3v) is 3.33. The predicted molar refractivity (Wildman–Crippen MR) is 66.7 cm³/mol. The fourth-order valence-electron chi connectivity index (χ4n) is 2.32. The van der Waals surface area contributed by atoms with Crippen LogP contribution in [-0.4, -0.2) is 35.5 Å². The third-order valence-electron chi connectivity index (χ3n) is 3.33. The number of rotatable bonds is 3. The summed E-state index contributed by atoms with van der Waals surface area (Å²) in [5.74, 6) is 0.665. The maximum absolute atomic E-state index is 4.36. The second-order valence-electron chi connectivity index (χ2n) is 4.76. The molecule has 1 aromatic rings. The number of aromatic nitrogens is 2. The molecule has 1 N–H and O–H groups in total. The van der Waals surface area contributed by atoms with Crippen molar-refractivity contribution < 1.29 is 0 Å². The SMILES string of the molecule is CCn1cc(N2CCNCC2C(C)C)cn1. The lowest BCUT2D eigenvalue weighted by atomic mass is 10.0. The minimum Gasteiger partial charge on any atom is -0.363 e. The van der Waals surface area contributed by atoms with Crippen molar-refractivity contribution in [3.8, 4) is 0 Å². The van der Waals surface area contributed by atoms with Gasteiger partial charge in [0.15, 0.2) is 0 Å². The topological polar surface area (TPSA) is 33.1 Å². The summed E-state index contributed by atoms with van der Waals surface area (Å²) >= 11 is 0. The number of aryl methyl sites for hydroxylation is 1. The summed E-state index contributed by atoms with van der Waals surface area (Å²) in [7, 11) is 0. The first kappa shape index (κ1) is 11.5. The highest BCUT2D eigenvalue weighted by molar-refractivity contribution is 5.44. The number of nitrogens with one attached hydrogen (secondary N) is 1. The van der Waals surface area contributed by atoms with Crippen molar-refractivity contribution in [2.45, 2.75) is 33.4 Å². The summed E-state index contributed by atoms with van der Waals surface area (Å²) in [4.78, 5) is 2.49. The molecular formula is C12H22N4. The molecule has 0 aromatic carbocycles. The Morgan fingerprint density at radius 3 is 3.00 bits per heavy atom. The van der Waals surface area contributed by atoms with Crippen LogP contribution in [0.5, 0.6) is 0 Å². The zero-order chi connectivity index (χ0) is 11.5. The van der Waals surface area contributed by atoms with Gasteiger partial charge in [-0.2, -0.15) is 5.10 Å². The molecule has 16 heavy (non-hydrogen) atoms. The van der Waals surface area contributed by atoms with Crippen molar-refractivity contribution >= 4 is 5.69 Å². The van der Waals surface area contributed by atoms with Gasteiger partial charge in [0.25, 0.3) is 0 Å². The van der Waals surface area contributed by atoms with Gasteiger partial charge in [-0.15, -0.1) is 0 Å². The summed E-state index contributed by atoms with van der Waals surface area (Å²) in [6.07, 6.45) is 4.14. The zero-order valence-electron chi connectivity index (χ0n) is 10.5. The van der Waals surface area contributed by atoms with Gasteiger partial charge >= 0.3 is 0 Å². The first-order valence-electron chi connectivity index (χ1n) is 6.22. The quantitative estimate of drug-likeness (QED) is 0.837. The van der Waals surface area contributed by atoms with Crippen LogP contribution in [0.1, 0.15) is 20.8 Å². The second kappa shape index (κ2) is 4.87. The molecule has 1 aliphatic heterocycles. The van der Waals surface area contributed by atoms with Crippen LogP contribution in [0.3, 0.4) is 0 Å². The minimum atomic E-state index is 0.586. The Balaban J connectivity index is 2.16. The van der Waals surface area contributed by atoms with E-state index >= 15 is 0 Å². The molecule has 2 heterocycles. The van der Waals surface area contributed by atoms with Gasteiger partial charge in [0.1, 0.15) is 0 Å². The molecule has 4 nitrogen and oxygen atoms in total. The van der Waals surface area contributed by atoms with Gasteiger partial charge in [-0.3, -0.25) is 4.68 Å². The van der Waals surface area contributed by atoms with Gasteiger partial charge in [-0.05, 0) is 12.8 Å². The van der Waals surface area contributed by atoms with E-state index in [1.165, 1.54) is 5.69 Å². The zero-order valence-corrected chi connectivity index (χ0v) is 10.5. The molecule has 1 aliphatic rings. The van der Waals surface area contributed by atoms with Gasteiger partial charge in [0.05, 0.1) is 11.9 Å². The molecule has 2 rings (SSSR count). The van der Waals surface area contributed by atoms with Crippen molar-refractivity contribution in [3.05, 3.63) is 12.4 Å². The Labute approximate surface area is 97.6 Å². The first-order chi connectivity index (χ1) is 7.72. The molecule has 1 fully saturated rings. The molecule has 1 atom stereocenters. The maximum atomic E-state index is 4.36. The van der Waals surface area contributed by atoms with Crippen LogP contribution in [-0.2, 0) is 6.54 Å². The Hall–Kier alpha value is -1.03. The molecule has 0 spiro atoms.